The highest BCUT2D eigenvalue weighted by Crippen LogP contribution is 2.34. The number of methoxy groups -OCH3 is 1. The van der Waals surface area contributed by atoms with E-state index in [0.717, 1.165) is 19.3 Å². The van der Waals surface area contributed by atoms with Crippen LogP contribution in [-0.2, 0) is 4.74 Å². The van der Waals surface area contributed by atoms with Crippen LogP contribution in [0.3, 0.4) is 0 Å². The SMILES string of the molecule is C/C=C(\C(CC)=C(/OC)C(CC)CC)C(CC)CC. The molecule has 0 unspecified atom stereocenters. The maximum Gasteiger partial charge on any atom is 0.102 e. The van der Waals surface area contributed by atoms with Crippen LogP contribution in [0, 0.1) is 11.8 Å². The first-order valence-electron chi connectivity index (χ1n) is 8.08. The molecule has 0 aromatic heterocycles. The Kier molecular flexibility index (Phi) is 9.73. The van der Waals surface area contributed by atoms with Gasteiger partial charge in [-0.3, -0.25) is 0 Å². The van der Waals surface area contributed by atoms with Crippen LogP contribution in [0.2, 0.25) is 0 Å². The Labute approximate surface area is 121 Å². The molecule has 0 rings (SSSR count). The molecule has 0 spiro atoms. The lowest BCUT2D eigenvalue weighted by Crippen LogP contribution is -2.12. The largest absolute Gasteiger partial charge is 0.501 e. The molecule has 0 saturated heterocycles. The van der Waals surface area contributed by atoms with Crippen LogP contribution in [-0.4, -0.2) is 7.11 Å². The van der Waals surface area contributed by atoms with Crippen LogP contribution in [0.25, 0.3) is 0 Å². The summed E-state index contributed by atoms with van der Waals surface area (Å²) in [5.41, 5.74) is 2.96. The van der Waals surface area contributed by atoms with Crippen molar-refractivity contribution in [2.45, 2.75) is 73.6 Å². The molecule has 0 aromatic rings. The third-order valence-electron chi connectivity index (χ3n) is 4.31. The van der Waals surface area contributed by atoms with E-state index < -0.39 is 0 Å². The lowest BCUT2D eigenvalue weighted by molar-refractivity contribution is 0.229. The zero-order valence-corrected chi connectivity index (χ0v) is 14.2. The molecule has 0 saturated carbocycles. The van der Waals surface area contributed by atoms with Gasteiger partial charge in [-0.15, -0.1) is 0 Å². The Morgan fingerprint density at radius 3 is 1.63 bits per heavy atom. The van der Waals surface area contributed by atoms with E-state index in [1.165, 1.54) is 29.7 Å². The average molecular weight is 266 g/mol. The van der Waals surface area contributed by atoms with Crippen molar-refractivity contribution in [2.75, 3.05) is 7.11 Å². The van der Waals surface area contributed by atoms with Crippen molar-refractivity contribution in [3.63, 3.8) is 0 Å². The van der Waals surface area contributed by atoms with Crippen molar-refractivity contribution in [2.24, 2.45) is 11.8 Å². The van der Waals surface area contributed by atoms with Gasteiger partial charge in [0.15, 0.2) is 0 Å². The van der Waals surface area contributed by atoms with E-state index in [-0.39, 0.29) is 0 Å². The minimum atomic E-state index is 0.560. The van der Waals surface area contributed by atoms with Crippen molar-refractivity contribution in [1.82, 2.24) is 0 Å². The van der Waals surface area contributed by atoms with Crippen LogP contribution in [0.15, 0.2) is 23.0 Å². The quantitative estimate of drug-likeness (QED) is 0.361. The van der Waals surface area contributed by atoms with E-state index in [1.54, 1.807) is 0 Å². The summed E-state index contributed by atoms with van der Waals surface area (Å²) in [4.78, 5) is 0. The van der Waals surface area contributed by atoms with E-state index in [0.29, 0.717) is 11.8 Å². The number of allylic oxidation sites excluding steroid dienone is 4. The lowest BCUT2D eigenvalue weighted by atomic mass is 9.83. The Hall–Kier alpha value is -0.720. The first-order valence-corrected chi connectivity index (χ1v) is 8.08. The maximum absolute atomic E-state index is 5.81. The first kappa shape index (κ1) is 18.3. The van der Waals surface area contributed by atoms with Crippen molar-refractivity contribution < 1.29 is 4.74 Å². The van der Waals surface area contributed by atoms with E-state index in [4.69, 9.17) is 4.74 Å². The fraction of sp³-hybridized carbons (Fsp3) is 0.778. The highest BCUT2D eigenvalue weighted by atomic mass is 16.5. The molecule has 0 aliphatic rings. The van der Waals surface area contributed by atoms with Gasteiger partial charge in [-0.1, -0.05) is 40.7 Å². The predicted molar refractivity (Wildman–Crippen MR) is 86.2 cm³/mol. The Bertz CT molecular complexity index is 291. The molecule has 19 heavy (non-hydrogen) atoms. The van der Waals surface area contributed by atoms with Crippen molar-refractivity contribution in [3.05, 3.63) is 23.0 Å². The summed E-state index contributed by atoms with van der Waals surface area (Å²) in [5.74, 6) is 2.45. The van der Waals surface area contributed by atoms with E-state index >= 15 is 0 Å². The first-order chi connectivity index (χ1) is 9.14. The number of rotatable bonds is 9. The molecule has 0 aliphatic carbocycles. The number of hydrogen-bond acceptors (Lipinski definition) is 1. The van der Waals surface area contributed by atoms with Gasteiger partial charge in [0.1, 0.15) is 5.76 Å². The molecule has 0 aromatic carbocycles. The highest BCUT2D eigenvalue weighted by molar-refractivity contribution is 5.35. The Morgan fingerprint density at radius 1 is 0.895 bits per heavy atom. The van der Waals surface area contributed by atoms with Gasteiger partial charge in [0.05, 0.1) is 7.11 Å². The van der Waals surface area contributed by atoms with Gasteiger partial charge >= 0.3 is 0 Å². The van der Waals surface area contributed by atoms with Crippen molar-refractivity contribution in [1.29, 1.82) is 0 Å². The minimum Gasteiger partial charge on any atom is -0.501 e. The highest BCUT2D eigenvalue weighted by Gasteiger charge is 2.21. The molecule has 0 aliphatic heterocycles. The normalized spacial score (nSPS) is 14.1. The van der Waals surface area contributed by atoms with Gasteiger partial charge in [0, 0.05) is 5.92 Å². The molecule has 1 heteroatoms. The second-order valence-electron chi connectivity index (χ2n) is 5.17. The molecule has 0 N–H and O–H groups in total. The molecule has 0 bridgehead atoms. The van der Waals surface area contributed by atoms with Crippen molar-refractivity contribution in [3.8, 4) is 0 Å². The number of hydrogen-bond donors (Lipinski definition) is 0. The summed E-state index contributed by atoms with van der Waals surface area (Å²) in [6, 6.07) is 0. The minimum absolute atomic E-state index is 0.560. The average Bonchev–Trinajstić information content (AvgIpc) is 2.46. The zero-order valence-electron chi connectivity index (χ0n) is 14.2. The molecule has 0 fully saturated rings. The Morgan fingerprint density at radius 2 is 1.37 bits per heavy atom. The summed E-state index contributed by atoms with van der Waals surface area (Å²) in [6.07, 6.45) is 8.10. The van der Waals surface area contributed by atoms with Gasteiger partial charge in [0.25, 0.3) is 0 Å². The van der Waals surface area contributed by atoms with Gasteiger partial charge in [-0.05, 0) is 56.1 Å². The van der Waals surface area contributed by atoms with Crippen molar-refractivity contribution >= 4 is 0 Å². The second kappa shape index (κ2) is 10.1. The van der Waals surface area contributed by atoms with E-state index in [2.05, 4.69) is 47.6 Å². The van der Waals surface area contributed by atoms with Gasteiger partial charge < -0.3 is 4.74 Å². The topological polar surface area (TPSA) is 9.23 Å². The predicted octanol–water partition coefficient (Wildman–Crippen LogP) is 6.12. The summed E-state index contributed by atoms with van der Waals surface area (Å²) in [6.45, 7) is 13.5. The van der Waals surface area contributed by atoms with Crippen LogP contribution >= 0.6 is 0 Å². The summed E-state index contributed by atoms with van der Waals surface area (Å²) in [7, 11) is 1.84. The molecule has 1 nitrogen and oxygen atoms in total. The third kappa shape index (κ3) is 4.71. The van der Waals surface area contributed by atoms with Gasteiger partial charge in [0.2, 0.25) is 0 Å². The fourth-order valence-corrected chi connectivity index (χ4v) is 3.10. The van der Waals surface area contributed by atoms with E-state index in [1.807, 2.05) is 7.11 Å². The van der Waals surface area contributed by atoms with Crippen LogP contribution in [0.5, 0.6) is 0 Å². The maximum atomic E-state index is 5.81. The molecule has 0 atom stereocenters. The monoisotopic (exact) mass is 266 g/mol. The summed E-state index contributed by atoms with van der Waals surface area (Å²) < 4.78 is 5.81. The van der Waals surface area contributed by atoms with Crippen LogP contribution in [0.4, 0.5) is 0 Å². The molecule has 0 radical (unpaired) electrons. The van der Waals surface area contributed by atoms with Gasteiger partial charge in [-0.2, -0.15) is 0 Å². The molecular weight excluding hydrogens is 232 g/mol. The van der Waals surface area contributed by atoms with E-state index in [9.17, 15) is 0 Å². The molecular formula is C18H34O. The molecule has 0 heterocycles. The van der Waals surface area contributed by atoms with Crippen LogP contribution < -0.4 is 0 Å². The molecule has 112 valence electrons. The molecule has 0 amide bonds. The third-order valence-corrected chi connectivity index (χ3v) is 4.31. The summed E-state index contributed by atoms with van der Waals surface area (Å²) in [5, 5.41) is 0. The second-order valence-corrected chi connectivity index (χ2v) is 5.17. The fourth-order valence-electron chi connectivity index (χ4n) is 3.10. The summed E-state index contributed by atoms with van der Waals surface area (Å²) >= 11 is 0. The standard InChI is InChI=1S/C18H34O/c1-8-14(9-2)16(12-5)17(13-6)18(19-7)15(10-3)11-4/h12,14-15H,8-11,13H2,1-7H3/b16-12-,18-17-. The van der Waals surface area contributed by atoms with Crippen LogP contribution in [0.1, 0.15) is 73.6 Å². The lowest BCUT2D eigenvalue weighted by Gasteiger charge is -2.25. The zero-order chi connectivity index (χ0) is 14.8. The number of ether oxygens (including phenoxy) is 1. The smallest absolute Gasteiger partial charge is 0.102 e. The Balaban J connectivity index is 5.66. The van der Waals surface area contributed by atoms with Gasteiger partial charge in [-0.25, -0.2) is 0 Å².